The lowest BCUT2D eigenvalue weighted by atomic mass is 9.92. The molecule has 3 aromatic heterocycles. The number of halogens is 5. The zero-order chi connectivity index (χ0) is 25.8. The first kappa shape index (κ1) is 24.8. The predicted octanol–water partition coefficient (Wildman–Crippen LogP) is 4.41. The third-order valence-corrected chi connectivity index (χ3v) is 6.95. The van der Waals surface area contributed by atoms with Crippen molar-refractivity contribution >= 4 is 28.9 Å². The van der Waals surface area contributed by atoms with Gasteiger partial charge in [0.2, 0.25) is 5.95 Å². The number of piperidine rings is 1. The Kier molecular flexibility index (Phi) is 6.14. The molecule has 2 bridgehead atoms. The third kappa shape index (κ3) is 4.88. The van der Waals surface area contributed by atoms with E-state index >= 15 is 0 Å². The van der Waals surface area contributed by atoms with Crippen molar-refractivity contribution in [2.75, 3.05) is 29.9 Å². The minimum atomic E-state index is -4.52. The van der Waals surface area contributed by atoms with Crippen molar-refractivity contribution in [1.82, 2.24) is 19.6 Å². The van der Waals surface area contributed by atoms with E-state index in [4.69, 9.17) is 16.3 Å². The zero-order valence-electron chi connectivity index (χ0n) is 19.6. The zero-order valence-corrected chi connectivity index (χ0v) is 20.3. The fourth-order valence-electron chi connectivity index (χ4n) is 5.19. The average molecular weight is 529 g/mol. The minimum absolute atomic E-state index is 0.0100. The van der Waals surface area contributed by atoms with Crippen LogP contribution in [0.1, 0.15) is 32.4 Å². The summed E-state index contributed by atoms with van der Waals surface area (Å²) < 4.78 is 59.0. The maximum absolute atomic E-state index is 14.4. The predicted molar refractivity (Wildman–Crippen MR) is 125 cm³/mol. The number of hydrogen-bond acceptors (Lipinski definition) is 7. The second-order valence-corrected chi connectivity index (χ2v) is 10.2. The topological polar surface area (TPSA) is 87.8 Å². The van der Waals surface area contributed by atoms with E-state index in [0.29, 0.717) is 24.5 Å². The molecule has 8 nitrogen and oxygen atoms in total. The molecule has 36 heavy (non-hydrogen) atoms. The molecular weight excluding hydrogens is 504 g/mol. The summed E-state index contributed by atoms with van der Waals surface area (Å²) in [6.45, 7) is 2.81. The van der Waals surface area contributed by atoms with Gasteiger partial charge in [-0.25, -0.2) is 13.9 Å². The maximum Gasteiger partial charge on any atom is 0.422 e. The van der Waals surface area contributed by atoms with E-state index < -0.39 is 24.2 Å². The summed E-state index contributed by atoms with van der Waals surface area (Å²) in [5.41, 5.74) is -0.496. The highest BCUT2D eigenvalue weighted by atomic mass is 35.5. The molecule has 0 radical (unpaired) electrons. The van der Waals surface area contributed by atoms with Crippen LogP contribution in [0.25, 0.3) is 5.65 Å². The molecule has 1 saturated carbocycles. The van der Waals surface area contributed by atoms with Gasteiger partial charge < -0.3 is 20.1 Å². The summed E-state index contributed by atoms with van der Waals surface area (Å²) in [7, 11) is 0. The number of hydrogen-bond donors (Lipinski definition) is 2. The molecule has 0 aromatic carbocycles. The van der Waals surface area contributed by atoms with Crippen molar-refractivity contribution in [2.24, 2.45) is 11.8 Å². The Morgan fingerprint density at radius 2 is 1.89 bits per heavy atom. The van der Waals surface area contributed by atoms with Gasteiger partial charge in [-0.2, -0.15) is 18.2 Å². The molecular formula is C23H25ClF4N6O2. The van der Waals surface area contributed by atoms with Crippen LogP contribution in [0.3, 0.4) is 0 Å². The van der Waals surface area contributed by atoms with Crippen molar-refractivity contribution in [2.45, 2.75) is 44.5 Å². The van der Waals surface area contributed by atoms with E-state index in [2.05, 4.69) is 20.4 Å². The second-order valence-electron chi connectivity index (χ2n) is 9.85. The summed E-state index contributed by atoms with van der Waals surface area (Å²) >= 11 is 5.98. The van der Waals surface area contributed by atoms with Gasteiger partial charge in [0, 0.05) is 25.2 Å². The summed E-state index contributed by atoms with van der Waals surface area (Å²) in [5.74, 6) is 0.0197. The molecule has 2 fully saturated rings. The van der Waals surface area contributed by atoms with Gasteiger partial charge in [0.05, 0.1) is 17.6 Å². The lowest BCUT2D eigenvalue weighted by Crippen LogP contribution is -2.48. The number of aromatic nitrogens is 4. The Labute approximate surface area is 209 Å². The van der Waals surface area contributed by atoms with Gasteiger partial charge in [-0.3, -0.25) is 0 Å². The SMILES string of the molecule is CC(C)(O)c1ccc(OCC(F)(F)F)c2nc(NC3C4CCC3CN(c3cc(Cl)ncc3F)C4)nn12. The summed E-state index contributed by atoms with van der Waals surface area (Å²) in [6, 6.07) is 4.33. The fraction of sp³-hybridized carbons (Fsp3) is 0.522. The first-order valence-electron chi connectivity index (χ1n) is 11.5. The Bertz CT molecular complexity index is 1260. The molecule has 2 unspecified atom stereocenters. The second kappa shape index (κ2) is 8.91. The van der Waals surface area contributed by atoms with Crippen LogP contribution >= 0.6 is 11.6 Å². The third-order valence-electron chi connectivity index (χ3n) is 6.74. The summed E-state index contributed by atoms with van der Waals surface area (Å²) in [5, 5.41) is 18.6. The number of ether oxygens (including phenoxy) is 1. The van der Waals surface area contributed by atoms with E-state index in [1.165, 1.54) is 22.7 Å². The molecule has 5 rings (SSSR count). The number of anilines is 2. The number of aliphatic hydroxyl groups is 1. The van der Waals surface area contributed by atoms with Crippen LogP contribution in [0.5, 0.6) is 5.75 Å². The molecule has 2 atom stereocenters. The van der Waals surface area contributed by atoms with Gasteiger partial charge in [0.15, 0.2) is 23.8 Å². The van der Waals surface area contributed by atoms with E-state index in [0.717, 1.165) is 19.0 Å². The number of rotatable bonds is 6. The highest BCUT2D eigenvalue weighted by Crippen LogP contribution is 2.41. The lowest BCUT2D eigenvalue weighted by molar-refractivity contribution is -0.153. The van der Waals surface area contributed by atoms with Crippen molar-refractivity contribution in [1.29, 1.82) is 0 Å². The molecule has 13 heteroatoms. The number of alkyl halides is 3. The van der Waals surface area contributed by atoms with Crippen LogP contribution in [0.2, 0.25) is 5.15 Å². The monoisotopic (exact) mass is 528 g/mol. The molecule has 0 spiro atoms. The molecule has 2 aliphatic rings. The smallest absolute Gasteiger partial charge is 0.422 e. The average Bonchev–Trinajstić information content (AvgIpc) is 3.29. The van der Waals surface area contributed by atoms with E-state index in [-0.39, 0.29) is 40.4 Å². The van der Waals surface area contributed by atoms with Crippen LogP contribution in [0.4, 0.5) is 29.2 Å². The number of nitrogens with one attached hydrogen (secondary N) is 1. The van der Waals surface area contributed by atoms with Gasteiger partial charge in [0.25, 0.3) is 0 Å². The van der Waals surface area contributed by atoms with Gasteiger partial charge in [-0.05, 0) is 50.7 Å². The normalized spacial score (nSPS) is 22.3. The quantitative estimate of drug-likeness (QED) is 0.362. The maximum atomic E-state index is 14.4. The number of pyridine rings is 2. The van der Waals surface area contributed by atoms with E-state index in [9.17, 15) is 22.7 Å². The van der Waals surface area contributed by atoms with Gasteiger partial charge in [-0.1, -0.05) is 11.6 Å². The number of nitrogens with zero attached hydrogens (tertiary/aromatic N) is 5. The van der Waals surface area contributed by atoms with Gasteiger partial charge >= 0.3 is 6.18 Å². The van der Waals surface area contributed by atoms with Crippen molar-refractivity contribution in [3.63, 3.8) is 0 Å². The molecule has 1 aliphatic carbocycles. The van der Waals surface area contributed by atoms with E-state index in [1.54, 1.807) is 13.8 Å². The fourth-order valence-corrected chi connectivity index (χ4v) is 5.34. The highest BCUT2D eigenvalue weighted by molar-refractivity contribution is 6.29. The Morgan fingerprint density at radius 3 is 2.53 bits per heavy atom. The Balaban J connectivity index is 1.41. The largest absolute Gasteiger partial charge is 0.480 e. The first-order valence-corrected chi connectivity index (χ1v) is 11.9. The first-order chi connectivity index (χ1) is 16.9. The Morgan fingerprint density at radius 1 is 1.19 bits per heavy atom. The van der Waals surface area contributed by atoms with Crippen LogP contribution in [-0.4, -0.2) is 56.6 Å². The molecule has 194 valence electrons. The molecule has 3 aromatic rings. The van der Waals surface area contributed by atoms with Crippen LogP contribution in [-0.2, 0) is 5.60 Å². The van der Waals surface area contributed by atoms with Crippen molar-refractivity contribution in [3.05, 3.63) is 41.1 Å². The van der Waals surface area contributed by atoms with E-state index in [1.807, 2.05) is 4.90 Å². The van der Waals surface area contributed by atoms with Gasteiger partial charge in [-0.15, -0.1) is 5.10 Å². The van der Waals surface area contributed by atoms with Gasteiger partial charge in [0.1, 0.15) is 10.8 Å². The summed E-state index contributed by atoms with van der Waals surface area (Å²) in [4.78, 5) is 10.2. The number of fused-ring (bicyclic) bond motifs is 3. The highest BCUT2D eigenvalue weighted by Gasteiger charge is 2.43. The van der Waals surface area contributed by atoms with Crippen LogP contribution < -0.4 is 15.0 Å². The molecule has 0 amide bonds. The van der Waals surface area contributed by atoms with Crippen molar-refractivity contribution < 1.29 is 27.4 Å². The van der Waals surface area contributed by atoms with Crippen LogP contribution in [0, 0.1) is 17.7 Å². The Hall–Kier alpha value is -2.86. The van der Waals surface area contributed by atoms with Crippen molar-refractivity contribution in [3.8, 4) is 5.75 Å². The lowest BCUT2D eigenvalue weighted by Gasteiger charge is -2.39. The standard InChI is InChI=1S/C23H25ClF4N6O2/c1-22(2,35)17-6-5-16(36-11-23(26,27)28)20-31-21(32-34(17)20)30-19-12-3-4-13(19)10-33(9-12)15-7-18(24)29-8-14(15)25/h5-8,12-13,19,35H,3-4,9-11H2,1-2H3,(H,30,32). The molecule has 4 heterocycles. The van der Waals surface area contributed by atoms with Crippen LogP contribution in [0.15, 0.2) is 24.4 Å². The molecule has 1 saturated heterocycles. The summed E-state index contributed by atoms with van der Waals surface area (Å²) in [6.07, 6.45) is -1.56. The molecule has 2 N–H and O–H groups in total. The molecule has 1 aliphatic heterocycles. The minimum Gasteiger partial charge on any atom is -0.480 e.